The van der Waals surface area contributed by atoms with Gasteiger partial charge in [-0.25, -0.2) is 17.7 Å². The number of aliphatic hydroxyl groups is 1. The van der Waals surface area contributed by atoms with E-state index in [1.165, 1.54) is 6.26 Å². The van der Waals surface area contributed by atoms with Crippen LogP contribution in [0.5, 0.6) is 0 Å². The van der Waals surface area contributed by atoms with Crippen molar-refractivity contribution in [3.8, 4) is 0 Å². The van der Waals surface area contributed by atoms with Crippen molar-refractivity contribution in [2.24, 2.45) is 10.9 Å². The molecule has 0 bridgehead atoms. The molecule has 152 valence electrons. The molecule has 1 fully saturated rings. The molecule has 27 heavy (non-hydrogen) atoms. The molecule has 1 saturated heterocycles. The third-order valence-corrected chi connectivity index (χ3v) is 6.19. The van der Waals surface area contributed by atoms with Crippen molar-refractivity contribution in [3.63, 3.8) is 0 Å². The second kappa shape index (κ2) is 9.52. The lowest BCUT2D eigenvalue weighted by Gasteiger charge is -2.30. The molecular weight excluding hydrogens is 364 g/mol. The van der Waals surface area contributed by atoms with Gasteiger partial charge in [-0.05, 0) is 38.2 Å². The van der Waals surface area contributed by atoms with Gasteiger partial charge in [0.05, 0.1) is 12.8 Å². The highest BCUT2D eigenvalue weighted by molar-refractivity contribution is 7.88. The normalized spacial score (nSPS) is 19.5. The first-order valence-corrected chi connectivity index (χ1v) is 11.3. The summed E-state index contributed by atoms with van der Waals surface area (Å²) < 4.78 is 24.7. The predicted molar refractivity (Wildman–Crippen MR) is 109 cm³/mol. The average Bonchev–Trinajstić information content (AvgIpc) is 2.64. The van der Waals surface area contributed by atoms with E-state index >= 15 is 0 Å². The number of guanidine groups is 1. The highest BCUT2D eigenvalue weighted by atomic mass is 32.2. The number of rotatable bonds is 7. The van der Waals surface area contributed by atoms with E-state index in [4.69, 9.17) is 0 Å². The van der Waals surface area contributed by atoms with Crippen molar-refractivity contribution in [1.82, 2.24) is 14.9 Å². The van der Waals surface area contributed by atoms with Gasteiger partial charge in [0.25, 0.3) is 0 Å². The molecule has 1 aliphatic heterocycles. The zero-order chi connectivity index (χ0) is 19.9. The number of nitrogens with one attached hydrogen (secondary N) is 2. The first kappa shape index (κ1) is 21.7. The van der Waals surface area contributed by atoms with Crippen LogP contribution in [0.15, 0.2) is 35.3 Å². The molecule has 8 heteroatoms. The van der Waals surface area contributed by atoms with E-state index < -0.39 is 15.6 Å². The molecule has 1 aromatic carbocycles. The molecule has 1 heterocycles. The highest BCUT2D eigenvalue weighted by Crippen LogP contribution is 2.20. The van der Waals surface area contributed by atoms with Crippen LogP contribution in [0.3, 0.4) is 0 Å². The molecule has 0 saturated carbocycles. The Morgan fingerprint density at radius 1 is 1.26 bits per heavy atom. The molecule has 1 aliphatic rings. The lowest BCUT2D eigenvalue weighted by Crippen LogP contribution is -2.44. The Morgan fingerprint density at radius 3 is 2.44 bits per heavy atom. The molecule has 2 rings (SSSR count). The first-order chi connectivity index (χ1) is 12.7. The van der Waals surface area contributed by atoms with E-state index in [0.29, 0.717) is 25.0 Å². The number of piperidine rings is 1. The van der Waals surface area contributed by atoms with E-state index in [-0.39, 0.29) is 6.54 Å². The van der Waals surface area contributed by atoms with Crippen LogP contribution in [0.25, 0.3) is 0 Å². The maximum atomic E-state index is 11.6. The molecular formula is C19H32N4O3S. The number of sulfonamides is 1. The summed E-state index contributed by atoms with van der Waals surface area (Å²) in [7, 11) is -3.09. The molecule has 0 spiro atoms. The lowest BCUT2D eigenvalue weighted by atomic mass is 9.96. The molecule has 1 unspecified atom stereocenters. The monoisotopic (exact) mass is 396 g/mol. The minimum absolute atomic E-state index is 0.249. The van der Waals surface area contributed by atoms with Crippen LogP contribution in [-0.2, 0) is 15.6 Å². The van der Waals surface area contributed by atoms with Crippen LogP contribution in [0, 0.1) is 5.92 Å². The summed E-state index contributed by atoms with van der Waals surface area (Å²) >= 11 is 0. The second-order valence-electron chi connectivity index (χ2n) is 7.32. The van der Waals surface area contributed by atoms with Crippen LogP contribution >= 0.6 is 0 Å². The minimum Gasteiger partial charge on any atom is -0.384 e. The van der Waals surface area contributed by atoms with E-state index in [9.17, 15) is 13.5 Å². The maximum Gasteiger partial charge on any atom is 0.211 e. The number of benzene rings is 1. The van der Waals surface area contributed by atoms with Crippen molar-refractivity contribution in [3.05, 3.63) is 35.9 Å². The maximum absolute atomic E-state index is 11.6. The van der Waals surface area contributed by atoms with Crippen LogP contribution in [0.4, 0.5) is 0 Å². The van der Waals surface area contributed by atoms with Gasteiger partial charge in [0.15, 0.2) is 5.96 Å². The summed E-state index contributed by atoms with van der Waals surface area (Å²) in [5.74, 6) is 1.07. The highest BCUT2D eigenvalue weighted by Gasteiger charge is 2.25. The van der Waals surface area contributed by atoms with Gasteiger partial charge in [-0.1, -0.05) is 30.3 Å². The molecule has 7 nitrogen and oxygen atoms in total. The van der Waals surface area contributed by atoms with Gasteiger partial charge in [0, 0.05) is 26.2 Å². The number of nitrogens with zero attached hydrogens (tertiary/aromatic N) is 2. The summed E-state index contributed by atoms with van der Waals surface area (Å²) in [6.45, 7) is 6.61. The van der Waals surface area contributed by atoms with Crippen molar-refractivity contribution in [2.45, 2.75) is 32.3 Å². The zero-order valence-corrected chi connectivity index (χ0v) is 17.3. The van der Waals surface area contributed by atoms with Gasteiger partial charge >= 0.3 is 0 Å². The van der Waals surface area contributed by atoms with Crippen molar-refractivity contribution >= 4 is 16.0 Å². The molecule has 0 aliphatic carbocycles. The smallest absolute Gasteiger partial charge is 0.211 e. The van der Waals surface area contributed by atoms with Gasteiger partial charge in [0.1, 0.15) is 5.60 Å². The SMILES string of the molecule is CCNC(=NCC(C)(O)c1ccccc1)NCC1CCN(S(C)(=O)=O)CC1. The van der Waals surface area contributed by atoms with Gasteiger partial charge in [-0.3, -0.25) is 0 Å². The summed E-state index contributed by atoms with van der Waals surface area (Å²) in [6.07, 6.45) is 2.93. The summed E-state index contributed by atoms with van der Waals surface area (Å²) in [4.78, 5) is 4.54. The molecule has 3 N–H and O–H groups in total. The Balaban J connectivity index is 1.89. The number of hydrogen-bond donors (Lipinski definition) is 3. The van der Waals surface area contributed by atoms with Gasteiger partial charge in [0.2, 0.25) is 10.0 Å². The molecule has 1 aromatic rings. The number of hydrogen-bond acceptors (Lipinski definition) is 4. The molecule has 1 atom stereocenters. The van der Waals surface area contributed by atoms with E-state index in [1.54, 1.807) is 11.2 Å². The Labute approximate surface area is 162 Å². The predicted octanol–water partition coefficient (Wildman–Crippen LogP) is 1.12. The van der Waals surface area contributed by atoms with E-state index in [2.05, 4.69) is 15.6 Å². The Hall–Kier alpha value is -1.64. The zero-order valence-electron chi connectivity index (χ0n) is 16.5. The van der Waals surface area contributed by atoms with E-state index in [0.717, 1.165) is 31.5 Å². The third-order valence-electron chi connectivity index (χ3n) is 4.89. The third kappa shape index (κ3) is 6.79. The average molecular weight is 397 g/mol. The Bertz CT molecular complexity index is 712. The summed E-state index contributed by atoms with van der Waals surface area (Å²) in [5, 5.41) is 17.2. The van der Waals surface area contributed by atoms with Crippen LogP contribution < -0.4 is 10.6 Å². The Morgan fingerprint density at radius 2 is 1.89 bits per heavy atom. The van der Waals surface area contributed by atoms with Crippen LogP contribution in [0.1, 0.15) is 32.3 Å². The van der Waals surface area contributed by atoms with Gasteiger partial charge in [-0.2, -0.15) is 0 Å². The lowest BCUT2D eigenvalue weighted by molar-refractivity contribution is 0.0672. The fourth-order valence-corrected chi connectivity index (χ4v) is 4.02. The van der Waals surface area contributed by atoms with Crippen molar-refractivity contribution in [2.75, 3.05) is 39.0 Å². The fourth-order valence-electron chi connectivity index (χ4n) is 3.15. The molecule has 0 aromatic heterocycles. The van der Waals surface area contributed by atoms with Gasteiger partial charge < -0.3 is 15.7 Å². The molecule has 0 radical (unpaired) electrons. The minimum atomic E-state index is -3.09. The topological polar surface area (TPSA) is 94.0 Å². The van der Waals surface area contributed by atoms with E-state index in [1.807, 2.05) is 37.3 Å². The van der Waals surface area contributed by atoms with Crippen LogP contribution in [-0.4, -0.2) is 62.8 Å². The quantitative estimate of drug-likeness (QED) is 0.474. The Kier molecular flexibility index (Phi) is 7.64. The largest absolute Gasteiger partial charge is 0.384 e. The number of aliphatic imine (C=N–C) groups is 1. The molecule has 0 amide bonds. The standard InChI is InChI=1S/C19H32N4O3S/c1-4-20-18(22-15-19(2,24)17-8-6-5-7-9-17)21-14-16-10-12-23(13-11-16)27(3,25)26/h5-9,16,24H,4,10-15H2,1-3H3,(H2,20,21,22). The van der Waals surface area contributed by atoms with Crippen molar-refractivity contribution in [1.29, 1.82) is 0 Å². The second-order valence-corrected chi connectivity index (χ2v) is 9.30. The summed E-state index contributed by atoms with van der Waals surface area (Å²) in [6, 6.07) is 9.51. The fraction of sp³-hybridized carbons (Fsp3) is 0.632. The van der Waals surface area contributed by atoms with Crippen LogP contribution in [0.2, 0.25) is 0 Å². The van der Waals surface area contributed by atoms with Gasteiger partial charge in [-0.15, -0.1) is 0 Å². The first-order valence-electron chi connectivity index (χ1n) is 9.47. The summed E-state index contributed by atoms with van der Waals surface area (Å²) in [5.41, 5.74) is -0.206. The van der Waals surface area contributed by atoms with Crippen molar-refractivity contribution < 1.29 is 13.5 Å².